The number of ether oxygens (including phenoxy) is 2. The number of nitrogens with one attached hydrogen (secondary N) is 1. The highest BCUT2D eigenvalue weighted by Crippen LogP contribution is 2.23. The predicted molar refractivity (Wildman–Crippen MR) is 205 cm³/mol. The average Bonchev–Trinajstić information content (AvgIpc) is 3.21. The van der Waals surface area contributed by atoms with Crippen LogP contribution in [0, 0.1) is 23.3 Å². The minimum atomic E-state index is -1.02. The summed E-state index contributed by atoms with van der Waals surface area (Å²) in [7, 11) is 0. The second-order valence-corrected chi connectivity index (χ2v) is 11.8. The zero-order valence-corrected chi connectivity index (χ0v) is 31.5. The molecule has 57 heavy (non-hydrogen) atoms. The van der Waals surface area contributed by atoms with E-state index in [4.69, 9.17) is 26.8 Å². The molecule has 4 heterocycles. The summed E-state index contributed by atoms with van der Waals surface area (Å²) in [6.07, 6.45) is 7.46. The third-order valence-corrected chi connectivity index (χ3v) is 7.69. The Balaban J connectivity index is 0.000000215. The van der Waals surface area contributed by atoms with E-state index in [9.17, 15) is 27.2 Å². The van der Waals surface area contributed by atoms with E-state index >= 15 is 0 Å². The maximum atomic E-state index is 13.5. The van der Waals surface area contributed by atoms with Crippen molar-refractivity contribution in [2.75, 3.05) is 31.6 Å². The quantitative estimate of drug-likeness (QED) is 0.0712. The lowest BCUT2D eigenvalue weighted by molar-refractivity contribution is 0.0516. The standard InChI is InChI=1S/C20H18F2N4O2.C13H9ClF2N2O2.C7H10N2/c1-2-28-20(27)15-12-25-18(13-6-7-16(21)17(22)11-13)26-19(15)24-10-8-14-5-3-4-9-23-14;1-2-20-13(19)8-6-17-12(18-11(8)14)7-3-4-9(15)10(16)5-7;8-5-4-7-3-1-2-6-9-7/h3-7,9,11-12H,2,8,10H2,1H3,(H,24,25,26);3-6H,2H2,1H3;1-3,6H,4-5,8H2. The zero-order valence-electron chi connectivity index (χ0n) is 30.8. The number of aromatic nitrogens is 6. The van der Waals surface area contributed by atoms with Crippen molar-refractivity contribution in [3.63, 3.8) is 0 Å². The van der Waals surface area contributed by atoms with Crippen LogP contribution in [0.25, 0.3) is 22.8 Å². The molecule has 12 nitrogen and oxygen atoms in total. The average molecular weight is 805 g/mol. The van der Waals surface area contributed by atoms with Gasteiger partial charge in [0.15, 0.2) is 34.9 Å². The molecule has 0 radical (unpaired) electrons. The molecule has 17 heteroatoms. The van der Waals surface area contributed by atoms with Crippen LogP contribution in [0.1, 0.15) is 46.0 Å². The Morgan fingerprint density at radius 1 is 0.667 bits per heavy atom. The van der Waals surface area contributed by atoms with Crippen LogP contribution in [0.2, 0.25) is 5.15 Å². The summed E-state index contributed by atoms with van der Waals surface area (Å²) in [5.74, 6) is -4.66. The van der Waals surface area contributed by atoms with E-state index in [1.54, 1.807) is 26.2 Å². The molecule has 0 atom stereocenters. The number of carbonyl (C=O) groups is 2. The van der Waals surface area contributed by atoms with Gasteiger partial charge in [0.05, 0.1) is 13.2 Å². The van der Waals surface area contributed by atoms with Crippen LogP contribution in [0.4, 0.5) is 23.4 Å². The maximum Gasteiger partial charge on any atom is 0.343 e. The van der Waals surface area contributed by atoms with Crippen molar-refractivity contribution in [3.05, 3.63) is 149 Å². The van der Waals surface area contributed by atoms with Gasteiger partial charge in [-0.1, -0.05) is 23.7 Å². The summed E-state index contributed by atoms with van der Waals surface area (Å²) in [4.78, 5) is 48.2. The first-order valence-corrected chi connectivity index (χ1v) is 17.8. The largest absolute Gasteiger partial charge is 0.462 e. The van der Waals surface area contributed by atoms with Crippen LogP contribution in [0.5, 0.6) is 0 Å². The number of hydrogen-bond donors (Lipinski definition) is 2. The van der Waals surface area contributed by atoms with Gasteiger partial charge in [-0.25, -0.2) is 47.1 Å². The van der Waals surface area contributed by atoms with Crippen LogP contribution < -0.4 is 11.1 Å². The number of anilines is 1. The van der Waals surface area contributed by atoms with Crippen LogP contribution >= 0.6 is 11.6 Å². The Kier molecular flexibility index (Phi) is 16.9. The van der Waals surface area contributed by atoms with Crippen LogP contribution in [0.15, 0.2) is 97.6 Å². The first-order chi connectivity index (χ1) is 27.5. The van der Waals surface area contributed by atoms with Crippen molar-refractivity contribution < 1.29 is 36.6 Å². The van der Waals surface area contributed by atoms with Gasteiger partial charge in [-0.2, -0.15) is 0 Å². The zero-order chi connectivity index (χ0) is 41.2. The number of pyridine rings is 2. The molecule has 6 aromatic rings. The summed E-state index contributed by atoms with van der Waals surface area (Å²) in [5, 5.41) is 2.96. The predicted octanol–water partition coefficient (Wildman–Crippen LogP) is 7.48. The Labute approximate surface area is 330 Å². The molecule has 4 aromatic heterocycles. The third-order valence-electron chi connectivity index (χ3n) is 7.40. The van der Waals surface area contributed by atoms with Crippen molar-refractivity contribution in [1.82, 2.24) is 29.9 Å². The molecule has 0 saturated carbocycles. The molecule has 3 N–H and O–H groups in total. The first-order valence-electron chi connectivity index (χ1n) is 17.4. The molecule has 0 saturated heterocycles. The summed E-state index contributed by atoms with van der Waals surface area (Å²) >= 11 is 5.86. The highest BCUT2D eigenvalue weighted by Gasteiger charge is 2.18. The first kappa shape index (κ1) is 43.3. The molecule has 2 aromatic carbocycles. The molecular formula is C40H37ClF4N8O4. The van der Waals surface area contributed by atoms with E-state index in [1.807, 2.05) is 36.4 Å². The van der Waals surface area contributed by atoms with E-state index in [0.717, 1.165) is 42.1 Å². The smallest absolute Gasteiger partial charge is 0.343 e. The van der Waals surface area contributed by atoms with Gasteiger partial charge in [0.2, 0.25) is 0 Å². The normalized spacial score (nSPS) is 10.3. The van der Waals surface area contributed by atoms with Gasteiger partial charge in [0.1, 0.15) is 22.1 Å². The molecule has 0 fully saturated rings. The van der Waals surface area contributed by atoms with Crippen molar-refractivity contribution in [2.24, 2.45) is 5.73 Å². The van der Waals surface area contributed by atoms with Gasteiger partial charge in [0.25, 0.3) is 0 Å². The molecule has 0 aliphatic carbocycles. The van der Waals surface area contributed by atoms with Crippen molar-refractivity contribution in [1.29, 1.82) is 0 Å². The molecule has 0 bridgehead atoms. The van der Waals surface area contributed by atoms with E-state index in [1.165, 1.54) is 24.5 Å². The Bertz CT molecular complexity index is 2240. The second kappa shape index (κ2) is 22.2. The lowest BCUT2D eigenvalue weighted by atomic mass is 10.2. The number of hydrogen-bond acceptors (Lipinski definition) is 12. The SMILES string of the molecule is CCOC(=O)c1cnc(-c2ccc(F)c(F)c2)nc1Cl.CCOC(=O)c1cnc(-c2ccc(F)c(F)c2)nc1NCCc1ccccn1.NCCc1ccccn1. The number of carbonyl (C=O) groups excluding carboxylic acids is 2. The summed E-state index contributed by atoms with van der Waals surface area (Å²) in [6.45, 7) is 4.89. The number of esters is 2. The van der Waals surface area contributed by atoms with Crippen LogP contribution in [0.3, 0.4) is 0 Å². The van der Waals surface area contributed by atoms with Gasteiger partial charge in [0, 0.05) is 66.7 Å². The van der Waals surface area contributed by atoms with E-state index in [2.05, 4.69) is 35.2 Å². The van der Waals surface area contributed by atoms with Crippen LogP contribution in [-0.2, 0) is 22.3 Å². The highest BCUT2D eigenvalue weighted by atomic mass is 35.5. The minimum absolute atomic E-state index is 0.0138. The van der Waals surface area contributed by atoms with Crippen molar-refractivity contribution in [3.8, 4) is 22.8 Å². The molecule has 0 aliphatic rings. The van der Waals surface area contributed by atoms with E-state index in [-0.39, 0.29) is 52.5 Å². The third kappa shape index (κ3) is 13.1. The number of benzene rings is 2. The van der Waals surface area contributed by atoms with Crippen molar-refractivity contribution >= 4 is 29.4 Å². The molecule has 0 spiro atoms. The lowest BCUT2D eigenvalue weighted by Gasteiger charge is -2.12. The molecule has 6 rings (SSSR count). The fourth-order valence-corrected chi connectivity index (χ4v) is 4.89. The van der Waals surface area contributed by atoms with Gasteiger partial charge in [-0.15, -0.1) is 0 Å². The van der Waals surface area contributed by atoms with Crippen LogP contribution in [-0.4, -0.2) is 68.1 Å². The summed E-state index contributed by atoms with van der Waals surface area (Å²) in [5.41, 5.74) is 7.99. The fraction of sp³-hybridized carbons (Fsp3) is 0.200. The monoisotopic (exact) mass is 804 g/mol. The maximum absolute atomic E-state index is 13.5. The van der Waals surface area contributed by atoms with E-state index < -0.39 is 35.2 Å². The summed E-state index contributed by atoms with van der Waals surface area (Å²) in [6, 6.07) is 18.1. The Morgan fingerprint density at radius 2 is 1.18 bits per heavy atom. The highest BCUT2D eigenvalue weighted by molar-refractivity contribution is 6.32. The number of nitrogens with zero attached hydrogens (tertiary/aromatic N) is 6. The molecule has 0 aliphatic heterocycles. The summed E-state index contributed by atoms with van der Waals surface area (Å²) < 4.78 is 62.5. The van der Waals surface area contributed by atoms with Gasteiger partial charge in [-0.3, -0.25) is 9.97 Å². The van der Waals surface area contributed by atoms with Gasteiger partial charge in [-0.05, 0) is 81.1 Å². The number of rotatable bonds is 12. The fourth-order valence-electron chi connectivity index (χ4n) is 4.68. The minimum Gasteiger partial charge on any atom is -0.462 e. The van der Waals surface area contributed by atoms with Crippen molar-refractivity contribution in [2.45, 2.75) is 26.7 Å². The molecule has 296 valence electrons. The van der Waals surface area contributed by atoms with Gasteiger partial charge < -0.3 is 20.5 Å². The number of nitrogens with two attached hydrogens (primary N) is 1. The lowest BCUT2D eigenvalue weighted by Crippen LogP contribution is -2.15. The van der Waals surface area contributed by atoms with E-state index in [0.29, 0.717) is 25.1 Å². The topological polar surface area (TPSA) is 168 Å². The second-order valence-electron chi connectivity index (χ2n) is 11.4. The van der Waals surface area contributed by atoms with Gasteiger partial charge >= 0.3 is 11.9 Å². The molecular weight excluding hydrogens is 768 g/mol. The number of halogens is 5. The molecule has 0 amide bonds. The molecule has 0 unspecified atom stereocenters. The Morgan fingerprint density at radius 3 is 1.65 bits per heavy atom. The Hall–Kier alpha value is -6.39.